The quantitative estimate of drug-likeness (QED) is 0.830. The van der Waals surface area contributed by atoms with E-state index in [-0.39, 0.29) is 12.5 Å². The fourth-order valence-electron chi connectivity index (χ4n) is 2.19. The number of carbonyl (C=O) groups excluding carboxylic acids is 1. The summed E-state index contributed by atoms with van der Waals surface area (Å²) in [6.07, 6.45) is 7.58. The monoisotopic (exact) mass is 285 g/mol. The van der Waals surface area contributed by atoms with E-state index < -0.39 is 0 Å². The Bertz CT molecular complexity index is 698. The van der Waals surface area contributed by atoms with Crippen LogP contribution in [-0.2, 0) is 9.53 Å². The first kappa shape index (κ1) is 15.0. The molecule has 110 valence electrons. The van der Waals surface area contributed by atoms with Crippen LogP contribution in [-0.4, -0.2) is 29.6 Å². The van der Waals surface area contributed by atoms with Crippen LogP contribution in [0.25, 0.3) is 16.6 Å². The number of H-pyrrole nitrogens is 1. The second-order valence-corrected chi connectivity index (χ2v) is 4.65. The molecule has 2 heterocycles. The van der Waals surface area contributed by atoms with Crippen molar-refractivity contribution in [3.8, 4) is 0 Å². The van der Waals surface area contributed by atoms with Gasteiger partial charge in [0.1, 0.15) is 12.3 Å². The SMILES string of the molecule is C/C=C(\C=C(/C)NC(=O)COC)c1ccnc2[nH]ccc12. The molecule has 0 fully saturated rings. The van der Waals surface area contributed by atoms with Crippen molar-refractivity contribution in [2.45, 2.75) is 13.8 Å². The molecule has 0 saturated carbocycles. The number of pyridine rings is 1. The molecule has 0 aliphatic rings. The van der Waals surface area contributed by atoms with Crippen LogP contribution in [0.5, 0.6) is 0 Å². The first-order valence-corrected chi connectivity index (χ1v) is 6.71. The summed E-state index contributed by atoms with van der Waals surface area (Å²) in [5, 5.41) is 3.84. The van der Waals surface area contributed by atoms with Crippen molar-refractivity contribution in [1.82, 2.24) is 15.3 Å². The minimum Gasteiger partial charge on any atom is -0.375 e. The average molecular weight is 285 g/mol. The van der Waals surface area contributed by atoms with E-state index in [0.29, 0.717) is 0 Å². The van der Waals surface area contributed by atoms with E-state index in [1.54, 1.807) is 6.20 Å². The van der Waals surface area contributed by atoms with E-state index in [0.717, 1.165) is 27.9 Å². The van der Waals surface area contributed by atoms with Gasteiger partial charge in [-0.2, -0.15) is 0 Å². The molecule has 0 atom stereocenters. The van der Waals surface area contributed by atoms with Crippen LogP contribution in [0.3, 0.4) is 0 Å². The number of amides is 1. The van der Waals surface area contributed by atoms with Crippen LogP contribution >= 0.6 is 0 Å². The first-order chi connectivity index (χ1) is 10.2. The minimum absolute atomic E-state index is 0.0493. The van der Waals surface area contributed by atoms with E-state index in [9.17, 15) is 4.79 Å². The molecule has 0 aliphatic heterocycles. The molecule has 21 heavy (non-hydrogen) atoms. The number of aromatic amines is 1. The lowest BCUT2D eigenvalue weighted by Crippen LogP contribution is -2.25. The molecule has 0 unspecified atom stereocenters. The van der Waals surface area contributed by atoms with Crippen molar-refractivity contribution in [2.75, 3.05) is 13.7 Å². The summed E-state index contributed by atoms with van der Waals surface area (Å²) < 4.78 is 4.80. The average Bonchev–Trinajstić information content (AvgIpc) is 2.93. The molecular weight excluding hydrogens is 266 g/mol. The highest BCUT2D eigenvalue weighted by Gasteiger charge is 2.07. The summed E-state index contributed by atoms with van der Waals surface area (Å²) in [6, 6.07) is 3.96. The van der Waals surface area contributed by atoms with E-state index in [1.165, 1.54) is 7.11 Å². The minimum atomic E-state index is -0.164. The second-order valence-electron chi connectivity index (χ2n) is 4.65. The number of nitrogens with zero attached hydrogens (tertiary/aromatic N) is 1. The fraction of sp³-hybridized carbons (Fsp3) is 0.250. The summed E-state index contributed by atoms with van der Waals surface area (Å²) in [5.41, 5.74) is 3.72. The van der Waals surface area contributed by atoms with E-state index in [2.05, 4.69) is 15.3 Å². The van der Waals surface area contributed by atoms with Crippen LogP contribution in [0, 0.1) is 0 Å². The number of aromatic nitrogens is 2. The van der Waals surface area contributed by atoms with Gasteiger partial charge in [0.05, 0.1) is 0 Å². The smallest absolute Gasteiger partial charge is 0.250 e. The molecule has 1 amide bonds. The summed E-state index contributed by atoms with van der Waals surface area (Å²) >= 11 is 0. The lowest BCUT2D eigenvalue weighted by Gasteiger charge is -2.08. The molecule has 0 aromatic carbocycles. The summed E-state index contributed by atoms with van der Waals surface area (Å²) in [7, 11) is 1.50. The third kappa shape index (κ3) is 3.58. The van der Waals surface area contributed by atoms with Crippen LogP contribution in [0.2, 0.25) is 0 Å². The van der Waals surface area contributed by atoms with Gasteiger partial charge in [0.25, 0.3) is 0 Å². The van der Waals surface area contributed by atoms with Crippen LogP contribution in [0.15, 0.2) is 42.4 Å². The van der Waals surface area contributed by atoms with Crippen molar-refractivity contribution in [3.63, 3.8) is 0 Å². The molecule has 5 heteroatoms. The van der Waals surface area contributed by atoms with Crippen molar-refractivity contribution in [2.24, 2.45) is 0 Å². The molecule has 2 aromatic heterocycles. The molecule has 0 spiro atoms. The number of methoxy groups -OCH3 is 1. The molecule has 2 N–H and O–H groups in total. The number of hydrogen-bond acceptors (Lipinski definition) is 3. The maximum atomic E-state index is 11.5. The van der Waals surface area contributed by atoms with Crippen molar-refractivity contribution < 1.29 is 9.53 Å². The third-order valence-corrected chi connectivity index (χ3v) is 3.07. The summed E-state index contributed by atoms with van der Waals surface area (Å²) in [5.74, 6) is -0.164. The molecule has 2 aromatic rings. The Hall–Kier alpha value is -2.40. The first-order valence-electron chi connectivity index (χ1n) is 6.71. The molecule has 2 rings (SSSR count). The third-order valence-electron chi connectivity index (χ3n) is 3.07. The molecule has 0 saturated heterocycles. The predicted octanol–water partition coefficient (Wildman–Crippen LogP) is 2.63. The Kier molecular flexibility index (Phi) is 4.90. The van der Waals surface area contributed by atoms with E-state index in [4.69, 9.17) is 4.74 Å². The van der Waals surface area contributed by atoms with Crippen molar-refractivity contribution in [1.29, 1.82) is 0 Å². The zero-order chi connectivity index (χ0) is 15.2. The van der Waals surface area contributed by atoms with Gasteiger partial charge in [-0.25, -0.2) is 4.98 Å². The number of ether oxygens (including phenoxy) is 1. The molecule has 0 aliphatic carbocycles. The highest BCUT2D eigenvalue weighted by Crippen LogP contribution is 2.24. The van der Waals surface area contributed by atoms with Gasteiger partial charge >= 0.3 is 0 Å². The van der Waals surface area contributed by atoms with Crippen LogP contribution in [0.4, 0.5) is 0 Å². The lowest BCUT2D eigenvalue weighted by molar-refractivity contribution is -0.123. The van der Waals surface area contributed by atoms with Gasteiger partial charge in [-0.05, 0) is 43.2 Å². The Morgan fingerprint density at radius 1 is 1.48 bits per heavy atom. The number of nitrogens with one attached hydrogen (secondary N) is 2. The van der Waals surface area contributed by atoms with Crippen molar-refractivity contribution in [3.05, 3.63) is 47.9 Å². The summed E-state index contributed by atoms with van der Waals surface area (Å²) in [4.78, 5) is 18.9. The summed E-state index contributed by atoms with van der Waals surface area (Å²) in [6.45, 7) is 3.87. The van der Waals surface area contributed by atoms with Gasteiger partial charge in [0.2, 0.25) is 5.91 Å². The second kappa shape index (κ2) is 6.85. The van der Waals surface area contributed by atoms with Crippen molar-refractivity contribution >= 4 is 22.5 Å². The normalized spacial score (nSPS) is 12.7. The molecule has 5 nitrogen and oxygen atoms in total. The van der Waals surface area contributed by atoms with Crippen LogP contribution < -0.4 is 5.32 Å². The Morgan fingerprint density at radius 3 is 3.00 bits per heavy atom. The number of rotatable bonds is 5. The largest absolute Gasteiger partial charge is 0.375 e. The zero-order valence-electron chi connectivity index (χ0n) is 12.4. The predicted molar refractivity (Wildman–Crippen MR) is 83.5 cm³/mol. The Labute approximate surface area is 123 Å². The highest BCUT2D eigenvalue weighted by molar-refractivity contribution is 5.93. The lowest BCUT2D eigenvalue weighted by atomic mass is 10.0. The number of allylic oxidation sites excluding steroid dienone is 4. The van der Waals surface area contributed by atoms with Gasteiger partial charge in [-0.3, -0.25) is 4.79 Å². The van der Waals surface area contributed by atoms with Gasteiger partial charge in [-0.15, -0.1) is 0 Å². The zero-order valence-corrected chi connectivity index (χ0v) is 12.4. The van der Waals surface area contributed by atoms with E-state index in [1.807, 2.05) is 44.3 Å². The molecule has 0 radical (unpaired) electrons. The van der Waals surface area contributed by atoms with Crippen LogP contribution in [0.1, 0.15) is 19.4 Å². The number of fused-ring (bicyclic) bond motifs is 1. The number of hydrogen-bond donors (Lipinski definition) is 2. The number of carbonyl (C=O) groups is 1. The highest BCUT2D eigenvalue weighted by atomic mass is 16.5. The van der Waals surface area contributed by atoms with Gasteiger partial charge in [-0.1, -0.05) is 6.08 Å². The van der Waals surface area contributed by atoms with E-state index >= 15 is 0 Å². The van der Waals surface area contributed by atoms with Gasteiger partial charge in [0.15, 0.2) is 0 Å². The maximum Gasteiger partial charge on any atom is 0.250 e. The standard InChI is InChI=1S/C16H19N3O2/c1-4-12(9-11(2)19-15(20)10-21-3)13-5-7-17-16-14(13)6-8-18-16/h4-9H,10H2,1-3H3,(H,17,18)(H,19,20)/b11-9+,12-4+. The Balaban J connectivity index is 2.28. The topological polar surface area (TPSA) is 67.0 Å². The fourth-order valence-corrected chi connectivity index (χ4v) is 2.19. The molecular formula is C16H19N3O2. The molecule has 0 bridgehead atoms. The van der Waals surface area contributed by atoms with Gasteiger partial charge < -0.3 is 15.0 Å². The Morgan fingerprint density at radius 2 is 2.29 bits per heavy atom. The maximum absolute atomic E-state index is 11.5. The van der Waals surface area contributed by atoms with Gasteiger partial charge in [0, 0.05) is 30.6 Å².